The van der Waals surface area contributed by atoms with Crippen molar-refractivity contribution in [2.75, 3.05) is 6.61 Å². The second-order valence-electron chi connectivity index (χ2n) is 9.25. The highest BCUT2D eigenvalue weighted by Crippen LogP contribution is 2.39. The molecule has 0 spiro atoms. The van der Waals surface area contributed by atoms with Crippen molar-refractivity contribution in [3.8, 4) is 28.4 Å². The molecular weight excluding hydrogens is 488 g/mol. The van der Waals surface area contributed by atoms with E-state index >= 15 is 0 Å². The van der Waals surface area contributed by atoms with E-state index in [1.807, 2.05) is 54.3 Å². The lowest BCUT2D eigenvalue weighted by Crippen LogP contribution is -2.15. The van der Waals surface area contributed by atoms with Crippen molar-refractivity contribution in [2.45, 2.75) is 20.8 Å². The number of hydrogen-bond donors (Lipinski definition) is 2. The van der Waals surface area contributed by atoms with Crippen molar-refractivity contribution < 1.29 is 19.4 Å². The molecule has 1 amide bonds. The Morgan fingerprint density at radius 3 is 2.54 bits per heavy atom. The number of nitrogens with zero attached hydrogens (tertiary/aromatic N) is 3. The van der Waals surface area contributed by atoms with Crippen molar-refractivity contribution in [3.63, 3.8) is 0 Å². The maximum absolute atomic E-state index is 12.1. The molecular formula is C28H26N4O4S. The van der Waals surface area contributed by atoms with Crippen LogP contribution in [0.2, 0.25) is 0 Å². The van der Waals surface area contributed by atoms with Gasteiger partial charge in [-0.2, -0.15) is 0 Å². The van der Waals surface area contributed by atoms with Crippen LogP contribution in [0.3, 0.4) is 0 Å². The summed E-state index contributed by atoms with van der Waals surface area (Å²) < 4.78 is 10.8. The molecule has 5 aromatic rings. The minimum atomic E-state index is -0.972. The van der Waals surface area contributed by atoms with Gasteiger partial charge >= 0.3 is 5.97 Å². The zero-order valence-corrected chi connectivity index (χ0v) is 21.5. The van der Waals surface area contributed by atoms with Crippen LogP contribution in [0.15, 0.2) is 67.3 Å². The standard InChI is InChI=1S/C28H26N4O4S/c1-16(2)14-36-24-11-19(5-7-21(24)27(29)33)32-22(12-25-23(32)13-26(37-25)28(34)35)20-6-4-18(10-17(20)3)31-9-8-30-15-31/h4-13,15-16H,14H2,1-3H3,(H2,29,33)(H,34,35). The summed E-state index contributed by atoms with van der Waals surface area (Å²) in [4.78, 5) is 28.2. The summed E-state index contributed by atoms with van der Waals surface area (Å²) in [5.41, 5.74) is 11.3. The Morgan fingerprint density at radius 1 is 1.11 bits per heavy atom. The van der Waals surface area contributed by atoms with Crippen LogP contribution >= 0.6 is 11.3 Å². The van der Waals surface area contributed by atoms with Gasteiger partial charge in [0.05, 0.1) is 34.4 Å². The van der Waals surface area contributed by atoms with Gasteiger partial charge in [0.2, 0.25) is 0 Å². The van der Waals surface area contributed by atoms with Crippen LogP contribution in [0.4, 0.5) is 0 Å². The summed E-state index contributed by atoms with van der Waals surface area (Å²) in [5, 5.41) is 9.60. The van der Waals surface area contributed by atoms with Gasteiger partial charge in [-0.25, -0.2) is 9.78 Å². The Balaban J connectivity index is 1.70. The Kier molecular flexibility index (Phi) is 6.31. The minimum absolute atomic E-state index is 0.252. The first-order valence-corrected chi connectivity index (χ1v) is 12.6. The van der Waals surface area contributed by atoms with Crippen LogP contribution in [0.5, 0.6) is 5.75 Å². The topological polar surface area (TPSA) is 112 Å². The number of fused-ring (bicyclic) bond motifs is 1. The number of rotatable bonds is 8. The number of ether oxygens (including phenoxy) is 1. The molecule has 0 atom stereocenters. The molecule has 3 aromatic heterocycles. The number of thiophene rings is 1. The van der Waals surface area contributed by atoms with E-state index in [9.17, 15) is 14.7 Å². The molecule has 3 N–H and O–H groups in total. The van der Waals surface area contributed by atoms with Crippen LogP contribution < -0.4 is 10.5 Å². The van der Waals surface area contributed by atoms with E-state index < -0.39 is 11.9 Å². The molecule has 188 valence electrons. The van der Waals surface area contributed by atoms with E-state index in [2.05, 4.69) is 11.1 Å². The van der Waals surface area contributed by atoms with Gasteiger partial charge in [-0.05, 0) is 54.8 Å². The van der Waals surface area contributed by atoms with E-state index in [4.69, 9.17) is 10.5 Å². The van der Waals surface area contributed by atoms with Gasteiger partial charge in [0.1, 0.15) is 10.6 Å². The number of hydrogen-bond acceptors (Lipinski definition) is 5. The van der Waals surface area contributed by atoms with Gasteiger partial charge in [-0.1, -0.05) is 19.9 Å². The van der Waals surface area contributed by atoms with Crippen LogP contribution in [-0.2, 0) is 0 Å². The molecule has 2 aromatic carbocycles. The number of carboxylic acids is 1. The third-order valence-corrected chi connectivity index (χ3v) is 7.11. The summed E-state index contributed by atoms with van der Waals surface area (Å²) in [6.45, 7) is 6.51. The normalized spacial score (nSPS) is 11.4. The van der Waals surface area contributed by atoms with Crippen LogP contribution in [0, 0.1) is 12.8 Å². The zero-order valence-electron chi connectivity index (χ0n) is 20.6. The molecule has 0 aliphatic rings. The lowest BCUT2D eigenvalue weighted by atomic mass is 10.0. The highest BCUT2D eigenvalue weighted by atomic mass is 32.1. The average Bonchev–Trinajstić information content (AvgIpc) is 3.59. The molecule has 0 radical (unpaired) electrons. The molecule has 3 heterocycles. The molecule has 5 rings (SSSR count). The second-order valence-corrected chi connectivity index (χ2v) is 10.3. The van der Waals surface area contributed by atoms with Gasteiger partial charge in [-0.3, -0.25) is 4.79 Å². The molecule has 0 saturated carbocycles. The van der Waals surface area contributed by atoms with Crippen molar-refractivity contribution in [3.05, 3.63) is 83.3 Å². The maximum Gasteiger partial charge on any atom is 0.345 e. The number of amides is 1. The first-order valence-electron chi connectivity index (χ1n) is 11.8. The zero-order chi connectivity index (χ0) is 26.3. The maximum atomic E-state index is 12.1. The van der Waals surface area contributed by atoms with Crippen molar-refractivity contribution in [1.29, 1.82) is 0 Å². The van der Waals surface area contributed by atoms with Crippen LogP contribution in [0.25, 0.3) is 32.8 Å². The largest absolute Gasteiger partial charge is 0.492 e. The monoisotopic (exact) mass is 514 g/mol. The number of nitrogens with two attached hydrogens (primary N) is 1. The summed E-state index contributed by atoms with van der Waals surface area (Å²) in [6, 6.07) is 15.1. The predicted molar refractivity (Wildman–Crippen MR) is 144 cm³/mol. The quantitative estimate of drug-likeness (QED) is 0.276. The molecule has 8 nitrogen and oxygen atoms in total. The SMILES string of the molecule is Cc1cc(-n2ccnc2)ccc1-c1cc2sc(C(=O)O)cc2n1-c1ccc(C(N)=O)c(OCC(C)C)c1. The molecule has 0 aliphatic carbocycles. The number of aromatic nitrogens is 3. The van der Waals surface area contributed by atoms with E-state index in [-0.39, 0.29) is 10.8 Å². The molecule has 0 saturated heterocycles. The molecule has 9 heteroatoms. The van der Waals surface area contributed by atoms with Gasteiger partial charge in [-0.15, -0.1) is 11.3 Å². The third-order valence-electron chi connectivity index (χ3n) is 6.05. The Morgan fingerprint density at radius 2 is 1.89 bits per heavy atom. The van der Waals surface area contributed by atoms with Crippen molar-refractivity contribution in [1.82, 2.24) is 14.1 Å². The van der Waals surface area contributed by atoms with E-state index in [0.717, 1.165) is 38.4 Å². The number of carboxylic acid groups (broad SMARTS) is 1. The molecule has 0 fully saturated rings. The lowest BCUT2D eigenvalue weighted by molar-refractivity contribution is 0.0702. The van der Waals surface area contributed by atoms with Gasteiger partial charge in [0.15, 0.2) is 0 Å². The van der Waals surface area contributed by atoms with Gasteiger partial charge < -0.3 is 24.7 Å². The number of carbonyl (C=O) groups is 2. The molecule has 0 aliphatic heterocycles. The molecule has 0 unspecified atom stereocenters. The van der Waals surface area contributed by atoms with Gasteiger partial charge in [0.25, 0.3) is 5.91 Å². The second kappa shape index (κ2) is 9.59. The average molecular weight is 515 g/mol. The highest BCUT2D eigenvalue weighted by Gasteiger charge is 2.21. The Labute approximate surface area is 217 Å². The van der Waals surface area contributed by atoms with Crippen LogP contribution in [0.1, 0.15) is 39.4 Å². The number of aromatic carboxylic acids is 1. The van der Waals surface area contributed by atoms with E-state index in [1.165, 1.54) is 11.3 Å². The summed E-state index contributed by atoms with van der Waals surface area (Å²) in [6.07, 6.45) is 5.37. The number of imidazole rings is 1. The van der Waals surface area contributed by atoms with Crippen LogP contribution in [-0.4, -0.2) is 37.7 Å². The number of primary amides is 1. The first-order chi connectivity index (χ1) is 17.7. The smallest absolute Gasteiger partial charge is 0.345 e. The van der Waals surface area contributed by atoms with E-state index in [1.54, 1.807) is 36.8 Å². The molecule has 0 bridgehead atoms. The Bertz CT molecular complexity index is 1630. The number of benzene rings is 2. The van der Waals surface area contributed by atoms with E-state index in [0.29, 0.717) is 17.9 Å². The minimum Gasteiger partial charge on any atom is -0.492 e. The third kappa shape index (κ3) is 4.61. The summed E-state index contributed by atoms with van der Waals surface area (Å²) in [7, 11) is 0. The number of aryl methyl sites for hydroxylation is 1. The van der Waals surface area contributed by atoms with Crippen molar-refractivity contribution >= 4 is 33.4 Å². The molecule has 37 heavy (non-hydrogen) atoms. The highest BCUT2D eigenvalue weighted by molar-refractivity contribution is 7.20. The summed E-state index contributed by atoms with van der Waals surface area (Å²) >= 11 is 1.23. The lowest BCUT2D eigenvalue weighted by Gasteiger charge is -2.17. The van der Waals surface area contributed by atoms with Crippen molar-refractivity contribution in [2.24, 2.45) is 11.7 Å². The summed E-state index contributed by atoms with van der Waals surface area (Å²) in [5.74, 6) is -0.893. The fourth-order valence-corrected chi connectivity index (χ4v) is 5.23. The fraction of sp³-hybridized carbons (Fsp3) is 0.179. The fourth-order valence-electron chi connectivity index (χ4n) is 4.31. The predicted octanol–water partition coefficient (Wildman–Crippen LogP) is 5.69. The first kappa shape index (κ1) is 24.3. The van der Waals surface area contributed by atoms with Gasteiger partial charge in [0, 0.05) is 35.4 Å². The Hall–Kier alpha value is -4.37. The number of carbonyl (C=O) groups excluding carboxylic acids is 1.